The first kappa shape index (κ1) is 22.0. The second-order valence-corrected chi connectivity index (χ2v) is 7.73. The zero-order valence-electron chi connectivity index (χ0n) is 15.7. The van der Waals surface area contributed by atoms with Crippen molar-refractivity contribution in [3.8, 4) is 0 Å². The van der Waals surface area contributed by atoms with E-state index in [2.05, 4.69) is 4.74 Å². The molecule has 1 unspecified atom stereocenters. The van der Waals surface area contributed by atoms with Crippen LogP contribution in [0.2, 0.25) is 0 Å². The molecular weight excluding hydrogens is 398 g/mol. The van der Waals surface area contributed by atoms with Gasteiger partial charge in [-0.25, -0.2) is 13.2 Å². The third kappa shape index (κ3) is 5.84. The molecule has 0 aromatic heterocycles. The van der Waals surface area contributed by atoms with E-state index in [1.165, 1.54) is 44.4 Å². The lowest BCUT2D eigenvalue weighted by atomic mass is 10.1. The van der Waals surface area contributed by atoms with Crippen LogP contribution >= 0.6 is 0 Å². The van der Waals surface area contributed by atoms with Crippen LogP contribution in [0, 0.1) is 0 Å². The maximum absolute atomic E-state index is 12.3. The van der Waals surface area contributed by atoms with Crippen LogP contribution in [0.1, 0.15) is 33.2 Å². The van der Waals surface area contributed by atoms with Gasteiger partial charge in [0.15, 0.2) is 5.78 Å². The second-order valence-electron chi connectivity index (χ2n) is 6.02. The average Bonchev–Trinajstić information content (AvgIpc) is 2.71. The van der Waals surface area contributed by atoms with Gasteiger partial charge in [-0.05, 0) is 55.0 Å². The summed E-state index contributed by atoms with van der Waals surface area (Å²) in [5.41, 5.74) is 1.34. The van der Waals surface area contributed by atoms with Gasteiger partial charge < -0.3 is 9.84 Å². The molecule has 152 valence electrons. The smallest absolute Gasteiger partial charge is 0.337 e. The molecule has 0 radical (unpaired) electrons. The SMILES string of the molecule is COC(=O)c1ccc(/C=C/C(=O)c2ccc(S(=O)(=O)NC(C)C(=O)O)cc2)cc1. The number of aliphatic carboxylic acids is 1. The van der Waals surface area contributed by atoms with Crippen LogP contribution < -0.4 is 4.72 Å². The number of ketones is 1. The number of ether oxygens (including phenoxy) is 1. The number of carbonyl (C=O) groups excluding carboxylic acids is 2. The van der Waals surface area contributed by atoms with E-state index in [0.717, 1.165) is 0 Å². The molecule has 2 aromatic carbocycles. The summed E-state index contributed by atoms with van der Waals surface area (Å²) in [5.74, 6) is -2.11. The monoisotopic (exact) mass is 417 g/mol. The number of carbonyl (C=O) groups is 3. The van der Waals surface area contributed by atoms with E-state index in [1.54, 1.807) is 30.3 Å². The van der Waals surface area contributed by atoms with Crippen LogP contribution in [0.25, 0.3) is 6.08 Å². The van der Waals surface area contributed by atoms with Crippen molar-refractivity contribution in [1.82, 2.24) is 4.72 Å². The largest absolute Gasteiger partial charge is 0.480 e. The molecule has 0 saturated carbocycles. The van der Waals surface area contributed by atoms with Gasteiger partial charge in [0.05, 0.1) is 17.6 Å². The van der Waals surface area contributed by atoms with Crippen molar-refractivity contribution in [3.63, 3.8) is 0 Å². The maximum Gasteiger partial charge on any atom is 0.337 e. The van der Waals surface area contributed by atoms with Crippen molar-refractivity contribution in [3.05, 3.63) is 71.3 Å². The van der Waals surface area contributed by atoms with Crippen LogP contribution in [0.4, 0.5) is 0 Å². The fourth-order valence-corrected chi connectivity index (χ4v) is 3.46. The number of methoxy groups -OCH3 is 1. The Morgan fingerprint density at radius 3 is 2.07 bits per heavy atom. The Kier molecular flexibility index (Phi) is 7.03. The van der Waals surface area contributed by atoms with Crippen molar-refractivity contribution in [2.75, 3.05) is 7.11 Å². The van der Waals surface area contributed by atoms with Crippen LogP contribution in [0.5, 0.6) is 0 Å². The van der Waals surface area contributed by atoms with Crippen LogP contribution in [-0.2, 0) is 19.6 Å². The summed E-state index contributed by atoms with van der Waals surface area (Å²) >= 11 is 0. The average molecular weight is 417 g/mol. The summed E-state index contributed by atoms with van der Waals surface area (Å²) in [4.78, 5) is 34.3. The highest BCUT2D eigenvalue weighted by molar-refractivity contribution is 7.89. The third-order valence-corrected chi connectivity index (χ3v) is 5.47. The highest BCUT2D eigenvalue weighted by Crippen LogP contribution is 2.13. The zero-order valence-corrected chi connectivity index (χ0v) is 16.5. The Bertz CT molecular complexity index is 1040. The molecule has 0 bridgehead atoms. The summed E-state index contributed by atoms with van der Waals surface area (Å²) in [5, 5.41) is 8.81. The first-order valence-corrected chi connectivity index (χ1v) is 9.88. The molecule has 29 heavy (non-hydrogen) atoms. The quantitative estimate of drug-likeness (QED) is 0.383. The van der Waals surface area contributed by atoms with Gasteiger partial charge in [-0.15, -0.1) is 0 Å². The molecule has 0 aliphatic heterocycles. The highest BCUT2D eigenvalue weighted by Gasteiger charge is 2.21. The normalized spacial score (nSPS) is 12.5. The Morgan fingerprint density at radius 2 is 1.55 bits per heavy atom. The van der Waals surface area contributed by atoms with Crippen molar-refractivity contribution < 1.29 is 32.6 Å². The number of benzene rings is 2. The molecule has 0 spiro atoms. The van der Waals surface area contributed by atoms with Crippen LogP contribution in [0.15, 0.2) is 59.5 Å². The number of sulfonamides is 1. The lowest BCUT2D eigenvalue weighted by Crippen LogP contribution is -2.38. The van der Waals surface area contributed by atoms with Crippen molar-refractivity contribution in [2.24, 2.45) is 0 Å². The van der Waals surface area contributed by atoms with Crippen LogP contribution in [-0.4, -0.2) is 44.4 Å². The molecule has 2 aromatic rings. The summed E-state index contributed by atoms with van der Waals surface area (Å²) in [6, 6.07) is 10.3. The van der Waals surface area contributed by atoms with E-state index in [0.29, 0.717) is 11.1 Å². The molecule has 0 heterocycles. The lowest BCUT2D eigenvalue weighted by molar-refractivity contribution is -0.138. The van der Waals surface area contributed by atoms with Gasteiger partial charge in [-0.1, -0.05) is 18.2 Å². The number of allylic oxidation sites excluding steroid dienone is 1. The Morgan fingerprint density at radius 1 is 1.00 bits per heavy atom. The van der Waals surface area contributed by atoms with Gasteiger partial charge in [0, 0.05) is 5.56 Å². The minimum Gasteiger partial charge on any atom is -0.480 e. The number of carboxylic acid groups (broad SMARTS) is 1. The Hall–Kier alpha value is -3.30. The number of nitrogens with one attached hydrogen (secondary N) is 1. The van der Waals surface area contributed by atoms with Gasteiger partial charge in [-0.3, -0.25) is 9.59 Å². The van der Waals surface area contributed by atoms with Gasteiger partial charge in [0.1, 0.15) is 6.04 Å². The lowest BCUT2D eigenvalue weighted by Gasteiger charge is -2.10. The first-order chi connectivity index (χ1) is 13.6. The maximum atomic E-state index is 12.3. The van der Waals surface area contributed by atoms with Crippen molar-refractivity contribution >= 4 is 33.8 Å². The van der Waals surface area contributed by atoms with E-state index >= 15 is 0 Å². The van der Waals surface area contributed by atoms with Crippen LogP contribution in [0.3, 0.4) is 0 Å². The molecule has 0 aliphatic rings. The van der Waals surface area contributed by atoms with E-state index in [9.17, 15) is 22.8 Å². The molecule has 2 N–H and O–H groups in total. The number of rotatable bonds is 8. The van der Waals surface area contributed by atoms with Crippen molar-refractivity contribution in [2.45, 2.75) is 17.9 Å². The summed E-state index contributed by atoms with van der Waals surface area (Å²) in [6.07, 6.45) is 2.88. The fraction of sp³-hybridized carbons (Fsp3) is 0.150. The van der Waals surface area contributed by atoms with E-state index < -0.39 is 28.0 Å². The minimum absolute atomic E-state index is 0.149. The second kappa shape index (κ2) is 9.26. The molecule has 8 nitrogen and oxygen atoms in total. The van der Waals surface area contributed by atoms with Gasteiger partial charge in [-0.2, -0.15) is 4.72 Å². The molecule has 9 heteroatoms. The minimum atomic E-state index is -4.01. The molecule has 0 fully saturated rings. The van der Waals surface area contributed by atoms with Gasteiger partial charge >= 0.3 is 11.9 Å². The van der Waals surface area contributed by atoms with E-state index in [-0.39, 0.29) is 16.2 Å². The fourth-order valence-electron chi connectivity index (χ4n) is 2.27. The summed E-state index contributed by atoms with van der Waals surface area (Å²) < 4.78 is 30.9. The van der Waals surface area contributed by atoms with Crippen molar-refractivity contribution in [1.29, 1.82) is 0 Å². The molecule has 0 saturated heterocycles. The Balaban J connectivity index is 2.09. The van der Waals surface area contributed by atoms with Gasteiger partial charge in [0.2, 0.25) is 10.0 Å². The predicted octanol–water partition coefficient (Wildman–Crippen LogP) is 2.12. The topological polar surface area (TPSA) is 127 Å². The first-order valence-electron chi connectivity index (χ1n) is 8.40. The number of hydrogen-bond acceptors (Lipinski definition) is 6. The molecule has 0 amide bonds. The summed E-state index contributed by atoms with van der Waals surface area (Å²) in [6.45, 7) is 1.21. The van der Waals surface area contributed by atoms with E-state index in [1.807, 2.05) is 4.72 Å². The molecule has 2 rings (SSSR count). The molecule has 0 aliphatic carbocycles. The van der Waals surface area contributed by atoms with E-state index in [4.69, 9.17) is 5.11 Å². The molecule has 1 atom stereocenters. The summed E-state index contributed by atoms with van der Waals surface area (Å²) in [7, 11) is -2.73. The third-order valence-electron chi connectivity index (χ3n) is 3.91. The number of esters is 1. The predicted molar refractivity (Wildman–Crippen MR) is 105 cm³/mol. The zero-order chi connectivity index (χ0) is 21.6. The number of hydrogen-bond donors (Lipinski definition) is 2. The highest BCUT2D eigenvalue weighted by atomic mass is 32.2. The number of carboxylic acids is 1. The standard InChI is InChI=1S/C20H19NO7S/c1-13(19(23)24)21-29(26,27)17-10-8-15(9-11-17)18(22)12-5-14-3-6-16(7-4-14)20(25)28-2/h3-13,21H,1-2H3,(H,23,24)/b12-5+. The Labute approximate surface area is 167 Å². The molecular formula is C20H19NO7S. The van der Waals surface area contributed by atoms with Gasteiger partial charge in [0.25, 0.3) is 0 Å².